The van der Waals surface area contributed by atoms with Crippen molar-refractivity contribution in [3.05, 3.63) is 47.5 Å². The third-order valence-corrected chi connectivity index (χ3v) is 4.20. The molecule has 1 aliphatic carbocycles. The first-order valence-electron chi connectivity index (χ1n) is 7.56. The van der Waals surface area contributed by atoms with Gasteiger partial charge in [0.15, 0.2) is 0 Å². The maximum absolute atomic E-state index is 12.3. The number of rotatable bonds is 3. The molecule has 2 aromatic carbocycles. The lowest BCUT2D eigenvalue weighted by Crippen LogP contribution is -2.36. The molecule has 0 unspecified atom stereocenters. The van der Waals surface area contributed by atoms with Crippen LogP contribution in [0.4, 0.5) is 0 Å². The molecule has 0 bridgehead atoms. The van der Waals surface area contributed by atoms with Crippen LogP contribution in [0.3, 0.4) is 0 Å². The lowest BCUT2D eigenvalue weighted by atomic mass is 9.95. The molecular weight excluding hydrogens is 262 g/mol. The fourth-order valence-electron chi connectivity index (χ4n) is 2.99. The van der Waals surface area contributed by atoms with Gasteiger partial charge in [0.05, 0.1) is 0 Å². The minimum atomic E-state index is 0.00302. The number of carbonyl (C=O) groups excluding carboxylic acids is 2. The Hall–Kier alpha value is -2.16. The molecule has 1 amide bonds. The van der Waals surface area contributed by atoms with Crippen LogP contribution in [0.1, 0.15) is 52.8 Å². The lowest BCUT2D eigenvalue weighted by Gasteiger charge is -2.22. The maximum atomic E-state index is 12.3. The van der Waals surface area contributed by atoms with Crippen LogP contribution in [0.5, 0.6) is 0 Å². The molecular formula is C18H19NO2. The van der Waals surface area contributed by atoms with Gasteiger partial charge in [0.2, 0.25) is 0 Å². The van der Waals surface area contributed by atoms with Gasteiger partial charge >= 0.3 is 0 Å². The normalized spacial score (nSPS) is 15.8. The van der Waals surface area contributed by atoms with Crippen LogP contribution in [0.2, 0.25) is 0 Å². The average Bonchev–Trinajstić information content (AvgIpc) is 2.54. The van der Waals surface area contributed by atoms with Gasteiger partial charge in [-0.3, -0.25) is 9.59 Å². The van der Waals surface area contributed by atoms with E-state index in [1.807, 2.05) is 30.3 Å². The SMILES string of the molecule is O=Cc1ccc2cc(C(=O)NC3CCCCC3)ccc2c1. The summed E-state index contributed by atoms with van der Waals surface area (Å²) in [6.45, 7) is 0. The molecule has 3 rings (SSSR count). The molecule has 0 saturated heterocycles. The first kappa shape index (κ1) is 13.8. The summed E-state index contributed by atoms with van der Waals surface area (Å²) >= 11 is 0. The molecule has 0 atom stereocenters. The molecule has 0 aliphatic heterocycles. The third-order valence-electron chi connectivity index (χ3n) is 4.20. The Morgan fingerprint density at radius 3 is 2.48 bits per heavy atom. The monoisotopic (exact) mass is 281 g/mol. The summed E-state index contributed by atoms with van der Waals surface area (Å²) < 4.78 is 0. The average molecular weight is 281 g/mol. The van der Waals surface area contributed by atoms with Crippen LogP contribution in [0, 0.1) is 0 Å². The highest BCUT2D eigenvalue weighted by Crippen LogP contribution is 2.20. The third kappa shape index (κ3) is 3.13. The van der Waals surface area contributed by atoms with E-state index in [4.69, 9.17) is 0 Å². The number of carbonyl (C=O) groups is 2. The number of hydrogen-bond acceptors (Lipinski definition) is 2. The Bertz CT molecular complexity index is 672. The minimum absolute atomic E-state index is 0.00302. The summed E-state index contributed by atoms with van der Waals surface area (Å²) in [4.78, 5) is 23.1. The van der Waals surface area contributed by atoms with Gasteiger partial charge in [0.1, 0.15) is 6.29 Å². The van der Waals surface area contributed by atoms with E-state index in [9.17, 15) is 9.59 Å². The van der Waals surface area contributed by atoms with Gasteiger partial charge in [-0.25, -0.2) is 0 Å². The Morgan fingerprint density at radius 2 is 1.71 bits per heavy atom. The Balaban J connectivity index is 1.79. The Labute approximate surface area is 124 Å². The van der Waals surface area contributed by atoms with E-state index in [-0.39, 0.29) is 5.91 Å². The molecule has 1 fully saturated rings. The second-order valence-electron chi connectivity index (χ2n) is 5.75. The molecule has 1 aliphatic rings. The molecule has 0 spiro atoms. The quantitative estimate of drug-likeness (QED) is 0.872. The van der Waals surface area contributed by atoms with Crippen LogP contribution in [0.25, 0.3) is 10.8 Å². The van der Waals surface area contributed by atoms with Gasteiger partial charge in [-0.1, -0.05) is 37.5 Å². The number of nitrogens with one attached hydrogen (secondary N) is 1. The number of benzene rings is 2. The number of aldehydes is 1. The van der Waals surface area contributed by atoms with Gasteiger partial charge in [0.25, 0.3) is 5.91 Å². The largest absolute Gasteiger partial charge is 0.349 e. The first-order chi connectivity index (χ1) is 10.3. The molecule has 1 saturated carbocycles. The summed E-state index contributed by atoms with van der Waals surface area (Å²) in [5.41, 5.74) is 1.34. The Morgan fingerprint density at radius 1 is 1.00 bits per heavy atom. The predicted octanol–water partition coefficient (Wildman–Crippen LogP) is 3.71. The zero-order chi connectivity index (χ0) is 14.7. The van der Waals surface area contributed by atoms with E-state index >= 15 is 0 Å². The summed E-state index contributed by atoms with van der Waals surface area (Å²) in [6.07, 6.45) is 6.70. The van der Waals surface area contributed by atoms with Gasteiger partial charge in [-0.2, -0.15) is 0 Å². The highest BCUT2D eigenvalue weighted by atomic mass is 16.1. The molecule has 0 radical (unpaired) electrons. The van der Waals surface area contributed by atoms with Crippen molar-refractivity contribution in [2.24, 2.45) is 0 Å². The van der Waals surface area contributed by atoms with Crippen LogP contribution in [-0.2, 0) is 0 Å². The van der Waals surface area contributed by atoms with E-state index in [1.165, 1.54) is 19.3 Å². The molecule has 3 nitrogen and oxygen atoms in total. The molecule has 21 heavy (non-hydrogen) atoms. The van der Waals surface area contributed by atoms with Crippen molar-refractivity contribution in [3.63, 3.8) is 0 Å². The zero-order valence-electron chi connectivity index (χ0n) is 12.0. The summed E-state index contributed by atoms with van der Waals surface area (Å²) in [5, 5.41) is 5.09. The molecule has 108 valence electrons. The molecule has 2 aromatic rings. The summed E-state index contributed by atoms with van der Waals surface area (Å²) in [7, 11) is 0. The van der Waals surface area contributed by atoms with Gasteiger partial charge in [-0.05, 0) is 41.8 Å². The van der Waals surface area contributed by atoms with Crippen molar-refractivity contribution < 1.29 is 9.59 Å². The summed E-state index contributed by atoms with van der Waals surface area (Å²) in [6, 6.07) is 11.4. The fraction of sp³-hybridized carbons (Fsp3) is 0.333. The van der Waals surface area contributed by atoms with Crippen LogP contribution >= 0.6 is 0 Å². The van der Waals surface area contributed by atoms with Crippen molar-refractivity contribution >= 4 is 23.0 Å². The number of hydrogen-bond donors (Lipinski definition) is 1. The van der Waals surface area contributed by atoms with E-state index in [1.54, 1.807) is 6.07 Å². The number of fused-ring (bicyclic) bond motifs is 1. The minimum Gasteiger partial charge on any atom is -0.349 e. The van der Waals surface area contributed by atoms with E-state index in [0.717, 1.165) is 29.9 Å². The molecule has 1 N–H and O–H groups in total. The van der Waals surface area contributed by atoms with Crippen molar-refractivity contribution in [3.8, 4) is 0 Å². The molecule has 0 heterocycles. The second-order valence-corrected chi connectivity index (χ2v) is 5.75. The van der Waals surface area contributed by atoms with Crippen molar-refractivity contribution in [1.29, 1.82) is 0 Å². The van der Waals surface area contributed by atoms with E-state index in [0.29, 0.717) is 17.2 Å². The topological polar surface area (TPSA) is 46.2 Å². The highest BCUT2D eigenvalue weighted by molar-refractivity contribution is 5.99. The maximum Gasteiger partial charge on any atom is 0.251 e. The smallest absolute Gasteiger partial charge is 0.251 e. The van der Waals surface area contributed by atoms with E-state index in [2.05, 4.69) is 5.32 Å². The van der Waals surface area contributed by atoms with Gasteiger partial charge in [-0.15, -0.1) is 0 Å². The fourth-order valence-corrected chi connectivity index (χ4v) is 2.99. The van der Waals surface area contributed by atoms with Crippen molar-refractivity contribution in [2.45, 2.75) is 38.1 Å². The Kier molecular flexibility index (Phi) is 4.00. The molecule has 0 aromatic heterocycles. The second kappa shape index (κ2) is 6.08. The number of amides is 1. The standard InChI is InChI=1S/C18H19NO2/c20-12-13-6-7-15-11-16(9-8-14(15)10-13)18(21)19-17-4-2-1-3-5-17/h6-12,17H,1-5H2,(H,19,21). The van der Waals surface area contributed by atoms with Gasteiger partial charge in [0, 0.05) is 17.2 Å². The zero-order valence-corrected chi connectivity index (χ0v) is 12.0. The van der Waals surface area contributed by atoms with Crippen LogP contribution in [0.15, 0.2) is 36.4 Å². The van der Waals surface area contributed by atoms with Gasteiger partial charge < -0.3 is 5.32 Å². The molecule has 3 heteroatoms. The van der Waals surface area contributed by atoms with Crippen LogP contribution in [-0.4, -0.2) is 18.2 Å². The van der Waals surface area contributed by atoms with Crippen molar-refractivity contribution in [1.82, 2.24) is 5.32 Å². The van der Waals surface area contributed by atoms with Crippen LogP contribution < -0.4 is 5.32 Å². The first-order valence-corrected chi connectivity index (χ1v) is 7.56. The van der Waals surface area contributed by atoms with Crippen molar-refractivity contribution in [2.75, 3.05) is 0 Å². The summed E-state index contributed by atoms with van der Waals surface area (Å²) in [5.74, 6) is 0.00302. The predicted molar refractivity (Wildman–Crippen MR) is 83.7 cm³/mol. The van der Waals surface area contributed by atoms with E-state index < -0.39 is 0 Å². The lowest BCUT2D eigenvalue weighted by molar-refractivity contribution is 0.0927. The highest BCUT2D eigenvalue weighted by Gasteiger charge is 2.16.